The fraction of sp³-hybridized carbons (Fsp3) is 0.278. The second-order valence-electron chi connectivity index (χ2n) is 11.5. The first kappa shape index (κ1) is 34.1. The summed E-state index contributed by atoms with van der Waals surface area (Å²) in [6.45, 7) is 9.43. The van der Waals surface area contributed by atoms with E-state index in [0.29, 0.717) is 31.0 Å². The van der Waals surface area contributed by atoms with Gasteiger partial charge in [0, 0.05) is 42.8 Å². The summed E-state index contributed by atoms with van der Waals surface area (Å²) in [7, 11) is 0. The van der Waals surface area contributed by atoms with Gasteiger partial charge in [0.05, 0.1) is 17.4 Å². The van der Waals surface area contributed by atoms with Gasteiger partial charge in [0.2, 0.25) is 5.91 Å². The fourth-order valence-electron chi connectivity index (χ4n) is 5.45. The lowest BCUT2D eigenvalue weighted by Gasteiger charge is -2.32. The summed E-state index contributed by atoms with van der Waals surface area (Å²) in [6, 6.07) is 22.5. The number of amides is 3. The Morgan fingerprint density at radius 3 is 2.29 bits per heavy atom. The molecule has 1 atom stereocenters. The number of nitrogens with zero attached hydrogens (tertiary/aromatic N) is 4. The number of alkyl halides is 3. The number of fused-ring (bicyclic) bond motifs is 1. The molecular formula is C36H37F3N6O3. The molecule has 1 saturated heterocycles. The molecule has 2 aliphatic heterocycles. The molecule has 2 N–H and O–H groups in total. The molecule has 0 saturated carbocycles. The standard InChI is InChI=1S/C22H19F3N4O2.C14H18N2O/c1-2-28-20-15(13-26-29(20)17-9-4-3-5-10-17)12-18(21(28)31)27-19(30)14-7-6-8-16(11-14)22(23,24)25;1-12(11-16-8-5-9-16)14(17)15-10-13-6-3-2-4-7-13/h3-11,13,18H,2,12H2,1H3,(H,27,30);2-4,6-7H,1,5,8-11H2,(H,15,17). The van der Waals surface area contributed by atoms with Crippen molar-refractivity contribution in [1.29, 1.82) is 0 Å². The third kappa shape index (κ3) is 8.18. The second-order valence-corrected chi connectivity index (χ2v) is 11.5. The largest absolute Gasteiger partial charge is 0.416 e. The number of para-hydroxylation sites is 1. The van der Waals surface area contributed by atoms with E-state index in [1.165, 1.54) is 23.5 Å². The van der Waals surface area contributed by atoms with E-state index in [2.05, 4.69) is 27.2 Å². The predicted molar refractivity (Wildman–Crippen MR) is 176 cm³/mol. The topological polar surface area (TPSA) is 99.6 Å². The van der Waals surface area contributed by atoms with Crippen molar-refractivity contribution >= 4 is 23.5 Å². The van der Waals surface area contributed by atoms with Crippen molar-refractivity contribution in [2.24, 2.45) is 0 Å². The van der Waals surface area contributed by atoms with E-state index in [4.69, 9.17) is 0 Å². The van der Waals surface area contributed by atoms with Crippen LogP contribution in [0.25, 0.3) is 5.69 Å². The van der Waals surface area contributed by atoms with Crippen molar-refractivity contribution in [3.63, 3.8) is 0 Å². The van der Waals surface area contributed by atoms with Gasteiger partial charge in [0.1, 0.15) is 11.9 Å². The van der Waals surface area contributed by atoms with Crippen LogP contribution in [0.3, 0.4) is 0 Å². The number of likely N-dealkylation sites (N-methyl/N-ethyl adjacent to an activating group) is 1. The number of halogens is 3. The van der Waals surface area contributed by atoms with Gasteiger partial charge >= 0.3 is 6.18 Å². The average molecular weight is 659 g/mol. The van der Waals surface area contributed by atoms with Crippen molar-refractivity contribution in [3.05, 3.63) is 126 Å². The molecule has 3 amide bonds. The smallest absolute Gasteiger partial charge is 0.348 e. The average Bonchev–Trinajstić information content (AvgIpc) is 3.50. The molecule has 4 aromatic rings. The Morgan fingerprint density at radius 2 is 1.67 bits per heavy atom. The molecule has 1 aromatic heterocycles. The van der Waals surface area contributed by atoms with E-state index < -0.39 is 23.7 Å². The van der Waals surface area contributed by atoms with Crippen molar-refractivity contribution < 1.29 is 27.6 Å². The lowest BCUT2D eigenvalue weighted by molar-refractivity contribution is -0.137. The molecule has 250 valence electrons. The highest BCUT2D eigenvalue weighted by molar-refractivity contribution is 6.04. The molecule has 1 fully saturated rings. The summed E-state index contributed by atoms with van der Waals surface area (Å²) < 4.78 is 40.5. The quantitative estimate of drug-likeness (QED) is 0.242. The maximum Gasteiger partial charge on any atom is 0.416 e. The summed E-state index contributed by atoms with van der Waals surface area (Å²) in [5.41, 5.74) is 2.24. The third-order valence-electron chi connectivity index (χ3n) is 8.12. The van der Waals surface area contributed by atoms with Crippen LogP contribution >= 0.6 is 0 Å². The summed E-state index contributed by atoms with van der Waals surface area (Å²) in [4.78, 5) is 41.2. The zero-order chi connectivity index (χ0) is 34.3. The second kappa shape index (κ2) is 15.1. The lowest BCUT2D eigenvalue weighted by atomic mass is 10.0. The van der Waals surface area contributed by atoms with Crippen LogP contribution in [0.4, 0.5) is 19.0 Å². The number of aromatic nitrogens is 2. The van der Waals surface area contributed by atoms with Crippen LogP contribution in [0.1, 0.15) is 40.4 Å². The highest BCUT2D eigenvalue weighted by atomic mass is 19.4. The van der Waals surface area contributed by atoms with Crippen LogP contribution < -0.4 is 15.5 Å². The molecular weight excluding hydrogens is 621 g/mol. The van der Waals surface area contributed by atoms with Gasteiger partial charge < -0.3 is 10.6 Å². The van der Waals surface area contributed by atoms with Crippen LogP contribution in [0.15, 0.2) is 103 Å². The number of likely N-dealkylation sites (tertiary alicyclic amines) is 1. The number of carbonyl (C=O) groups excluding carboxylic acids is 3. The van der Waals surface area contributed by atoms with Gasteiger partial charge in [-0.05, 0) is 62.3 Å². The third-order valence-corrected chi connectivity index (χ3v) is 8.12. The van der Waals surface area contributed by atoms with Gasteiger partial charge in [-0.25, -0.2) is 4.68 Å². The minimum absolute atomic E-state index is 0.0410. The first-order chi connectivity index (χ1) is 23.0. The first-order valence-corrected chi connectivity index (χ1v) is 15.7. The Kier molecular flexibility index (Phi) is 10.7. The summed E-state index contributed by atoms with van der Waals surface area (Å²) in [5.74, 6) is -0.489. The SMILES string of the molecule is C=C(CN1CCC1)C(=O)NCc1ccccc1.CCN1C(=O)C(NC(=O)c2cccc(C(F)(F)F)c2)Cc2cnn(-c3ccccc3)c21. The van der Waals surface area contributed by atoms with Gasteiger partial charge in [-0.2, -0.15) is 18.3 Å². The molecule has 3 aromatic carbocycles. The molecule has 1 unspecified atom stereocenters. The Balaban J connectivity index is 0.000000224. The summed E-state index contributed by atoms with van der Waals surface area (Å²) in [6.07, 6.45) is -1.49. The van der Waals surface area contributed by atoms with E-state index in [9.17, 15) is 27.6 Å². The zero-order valence-corrected chi connectivity index (χ0v) is 26.5. The Labute approximate surface area is 277 Å². The van der Waals surface area contributed by atoms with Crippen LogP contribution in [0, 0.1) is 0 Å². The lowest BCUT2D eigenvalue weighted by Crippen LogP contribution is -2.53. The maximum atomic E-state index is 13.1. The Morgan fingerprint density at radius 1 is 0.979 bits per heavy atom. The fourth-order valence-corrected chi connectivity index (χ4v) is 5.45. The van der Waals surface area contributed by atoms with Crippen molar-refractivity contribution in [1.82, 2.24) is 25.3 Å². The number of hydrogen-bond acceptors (Lipinski definition) is 5. The molecule has 0 bridgehead atoms. The van der Waals surface area contributed by atoms with Crippen molar-refractivity contribution in [2.45, 2.75) is 38.5 Å². The number of rotatable bonds is 9. The molecule has 0 spiro atoms. The van der Waals surface area contributed by atoms with Crippen LogP contribution in [0.2, 0.25) is 0 Å². The van der Waals surface area contributed by atoms with E-state index >= 15 is 0 Å². The Hall–Kier alpha value is -5.23. The van der Waals surface area contributed by atoms with Gasteiger partial charge in [-0.15, -0.1) is 0 Å². The zero-order valence-electron chi connectivity index (χ0n) is 26.5. The molecule has 12 heteroatoms. The van der Waals surface area contributed by atoms with Gasteiger partial charge in [0.25, 0.3) is 11.8 Å². The van der Waals surface area contributed by atoms with Gasteiger partial charge in [-0.1, -0.05) is 61.2 Å². The molecule has 3 heterocycles. The highest BCUT2D eigenvalue weighted by Crippen LogP contribution is 2.31. The van der Waals surface area contributed by atoms with Gasteiger partial charge in [0.15, 0.2) is 0 Å². The molecule has 6 rings (SSSR count). The van der Waals surface area contributed by atoms with Gasteiger partial charge in [-0.3, -0.25) is 24.2 Å². The van der Waals surface area contributed by atoms with Crippen molar-refractivity contribution in [3.8, 4) is 5.69 Å². The minimum atomic E-state index is -4.56. The first-order valence-electron chi connectivity index (χ1n) is 15.7. The summed E-state index contributed by atoms with van der Waals surface area (Å²) >= 11 is 0. The van der Waals surface area contributed by atoms with E-state index in [1.54, 1.807) is 17.8 Å². The normalized spacial score (nSPS) is 15.8. The highest BCUT2D eigenvalue weighted by Gasteiger charge is 2.37. The monoisotopic (exact) mass is 658 g/mol. The van der Waals surface area contributed by atoms with E-state index in [-0.39, 0.29) is 23.8 Å². The molecule has 2 aliphatic rings. The number of carbonyl (C=O) groups is 3. The number of anilines is 1. The number of hydrogen-bond donors (Lipinski definition) is 2. The number of benzene rings is 3. The molecule has 9 nitrogen and oxygen atoms in total. The Bertz CT molecular complexity index is 1750. The van der Waals surface area contributed by atoms with Crippen LogP contribution in [0.5, 0.6) is 0 Å². The van der Waals surface area contributed by atoms with E-state index in [0.717, 1.165) is 42.0 Å². The predicted octanol–water partition coefficient (Wildman–Crippen LogP) is 5.16. The molecule has 0 aliphatic carbocycles. The van der Waals surface area contributed by atoms with Crippen LogP contribution in [-0.4, -0.2) is 64.6 Å². The molecule has 48 heavy (non-hydrogen) atoms. The van der Waals surface area contributed by atoms with Crippen molar-refractivity contribution in [2.75, 3.05) is 31.1 Å². The minimum Gasteiger partial charge on any atom is -0.348 e. The summed E-state index contributed by atoms with van der Waals surface area (Å²) in [5, 5.41) is 9.87. The maximum absolute atomic E-state index is 13.1. The van der Waals surface area contributed by atoms with Crippen LogP contribution in [-0.2, 0) is 28.7 Å². The number of nitrogens with one attached hydrogen (secondary N) is 2. The molecule has 0 radical (unpaired) electrons. The van der Waals surface area contributed by atoms with E-state index in [1.807, 2.05) is 60.7 Å².